The first kappa shape index (κ1) is 19.4. The van der Waals surface area contributed by atoms with E-state index in [2.05, 4.69) is 27.3 Å². The summed E-state index contributed by atoms with van der Waals surface area (Å²) in [5.41, 5.74) is 3.17. The summed E-state index contributed by atoms with van der Waals surface area (Å²) in [6.07, 6.45) is 3.04. The molecule has 152 valence electrons. The van der Waals surface area contributed by atoms with Gasteiger partial charge in [-0.05, 0) is 56.9 Å². The lowest BCUT2D eigenvalue weighted by atomic mass is 10.0. The van der Waals surface area contributed by atoms with Gasteiger partial charge in [-0.3, -0.25) is 9.59 Å². The summed E-state index contributed by atoms with van der Waals surface area (Å²) in [7, 11) is 0. The third-order valence-corrected chi connectivity index (χ3v) is 6.05. The van der Waals surface area contributed by atoms with Crippen molar-refractivity contribution in [3.63, 3.8) is 0 Å². The number of carbonyl (C=O) groups is 2. The molecule has 1 N–H and O–H groups in total. The largest absolute Gasteiger partial charge is 0.353 e. The molecule has 29 heavy (non-hydrogen) atoms. The van der Waals surface area contributed by atoms with Crippen LogP contribution >= 0.6 is 0 Å². The van der Waals surface area contributed by atoms with Gasteiger partial charge in [0.1, 0.15) is 11.2 Å². The van der Waals surface area contributed by atoms with Gasteiger partial charge in [-0.15, -0.1) is 0 Å². The number of pyridine rings is 1. The minimum Gasteiger partial charge on any atom is -0.353 e. The van der Waals surface area contributed by atoms with E-state index >= 15 is 0 Å². The summed E-state index contributed by atoms with van der Waals surface area (Å²) in [5, 5.41) is 3.06. The third kappa shape index (κ3) is 3.71. The molecule has 1 saturated carbocycles. The highest BCUT2D eigenvalue weighted by molar-refractivity contribution is 6.13. The molecule has 2 amide bonds. The number of aryl methyl sites for hydroxylation is 3. The zero-order valence-corrected chi connectivity index (χ0v) is 17.4. The molecule has 2 fully saturated rings. The number of hydrogen-bond acceptors (Lipinski definition) is 4. The highest BCUT2D eigenvalue weighted by Crippen LogP contribution is 2.48. The van der Waals surface area contributed by atoms with Gasteiger partial charge in [0.25, 0.3) is 0 Å². The average molecular weight is 393 g/mol. The number of anilines is 2. The summed E-state index contributed by atoms with van der Waals surface area (Å²) in [5.74, 6) is 0.742. The molecule has 1 aliphatic heterocycles. The molecule has 0 atom stereocenters. The second kappa shape index (κ2) is 7.50. The van der Waals surface area contributed by atoms with E-state index in [4.69, 9.17) is 0 Å². The van der Waals surface area contributed by atoms with Crippen LogP contribution in [0.25, 0.3) is 0 Å². The molecule has 0 bridgehead atoms. The summed E-state index contributed by atoms with van der Waals surface area (Å²) < 4.78 is 0. The average Bonchev–Trinajstić information content (AvgIpc) is 3.53. The number of nitrogens with zero attached hydrogens (tertiary/aromatic N) is 3. The molecule has 0 spiro atoms. The SMILES string of the molecule is Cc1cc(C)c(NC(=O)C2(C(=O)N3CCN(c4ccccn4)CC3)CC2)c(C)c1. The summed E-state index contributed by atoms with van der Waals surface area (Å²) in [6, 6.07) is 9.97. The van der Waals surface area contributed by atoms with Gasteiger partial charge in [0.2, 0.25) is 11.8 Å². The van der Waals surface area contributed by atoms with E-state index in [1.807, 2.05) is 43.9 Å². The molecule has 0 unspecified atom stereocenters. The fourth-order valence-corrected chi connectivity index (χ4v) is 4.26. The molecule has 1 aromatic carbocycles. The van der Waals surface area contributed by atoms with Crippen LogP contribution < -0.4 is 10.2 Å². The van der Waals surface area contributed by atoms with E-state index in [1.54, 1.807) is 6.20 Å². The Morgan fingerprint density at radius 2 is 1.66 bits per heavy atom. The summed E-state index contributed by atoms with van der Waals surface area (Å²) in [6.45, 7) is 8.73. The molecular formula is C23H28N4O2. The smallest absolute Gasteiger partial charge is 0.240 e. The van der Waals surface area contributed by atoms with Crippen LogP contribution in [-0.2, 0) is 9.59 Å². The molecule has 2 aromatic rings. The van der Waals surface area contributed by atoms with Crippen molar-refractivity contribution >= 4 is 23.3 Å². The van der Waals surface area contributed by atoms with Crippen molar-refractivity contribution in [2.24, 2.45) is 5.41 Å². The molecule has 6 heteroatoms. The lowest BCUT2D eigenvalue weighted by Crippen LogP contribution is -2.52. The van der Waals surface area contributed by atoms with Gasteiger partial charge in [0.15, 0.2) is 0 Å². The number of aromatic nitrogens is 1. The number of benzene rings is 1. The van der Waals surface area contributed by atoms with E-state index in [9.17, 15) is 9.59 Å². The lowest BCUT2D eigenvalue weighted by Gasteiger charge is -2.37. The first-order valence-electron chi connectivity index (χ1n) is 10.3. The van der Waals surface area contributed by atoms with Crippen LogP contribution in [0, 0.1) is 26.2 Å². The quantitative estimate of drug-likeness (QED) is 0.812. The van der Waals surface area contributed by atoms with Gasteiger partial charge in [0.05, 0.1) is 0 Å². The molecule has 6 nitrogen and oxygen atoms in total. The van der Waals surface area contributed by atoms with Crippen molar-refractivity contribution in [1.29, 1.82) is 0 Å². The minimum absolute atomic E-state index is 0.0295. The third-order valence-electron chi connectivity index (χ3n) is 6.05. The molecule has 1 aliphatic carbocycles. The van der Waals surface area contributed by atoms with Crippen LogP contribution in [0.5, 0.6) is 0 Å². The van der Waals surface area contributed by atoms with Crippen LogP contribution in [0.3, 0.4) is 0 Å². The first-order chi connectivity index (χ1) is 13.9. The Bertz CT molecular complexity index is 906. The van der Waals surface area contributed by atoms with Crippen LogP contribution in [0.1, 0.15) is 29.5 Å². The standard InChI is InChI=1S/C23H28N4O2/c1-16-14-17(2)20(18(3)15-16)25-21(28)23(7-8-23)22(29)27-12-10-26(11-13-27)19-6-4-5-9-24-19/h4-6,9,14-15H,7-8,10-13H2,1-3H3,(H,25,28). The molecule has 2 aliphatic rings. The van der Waals surface area contributed by atoms with Crippen LogP contribution in [0.4, 0.5) is 11.5 Å². The predicted molar refractivity (Wildman–Crippen MR) is 114 cm³/mol. The maximum Gasteiger partial charge on any atom is 0.240 e. The second-order valence-corrected chi connectivity index (χ2v) is 8.28. The highest BCUT2D eigenvalue weighted by atomic mass is 16.2. The van der Waals surface area contributed by atoms with E-state index in [0.29, 0.717) is 25.9 Å². The normalized spacial score (nSPS) is 17.8. The van der Waals surface area contributed by atoms with Gasteiger partial charge in [-0.25, -0.2) is 4.98 Å². The number of piperazine rings is 1. The second-order valence-electron chi connectivity index (χ2n) is 8.28. The van der Waals surface area contributed by atoms with E-state index in [0.717, 1.165) is 35.7 Å². The number of amides is 2. The van der Waals surface area contributed by atoms with Crippen LogP contribution in [-0.4, -0.2) is 47.9 Å². The molecule has 1 aromatic heterocycles. The Balaban J connectivity index is 1.42. The van der Waals surface area contributed by atoms with Gasteiger partial charge >= 0.3 is 0 Å². The van der Waals surface area contributed by atoms with Gasteiger partial charge in [0, 0.05) is 38.1 Å². The molecule has 2 heterocycles. The van der Waals surface area contributed by atoms with Gasteiger partial charge in [-0.1, -0.05) is 23.8 Å². The minimum atomic E-state index is -0.892. The lowest BCUT2D eigenvalue weighted by molar-refractivity contribution is -0.142. The monoisotopic (exact) mass is 392 g/mol. The Morgan fingerprint density at radius 1 is 1.00 bits per heavy atom. The Morgan fingerprint density at radius 3 is 2.21 bits per heavy atom. The van der Waals surface area contributed by atoms with Crippen molar-refractivity contribution in [3.8, 4) is 0 Å². The summed E-state index contributed by atoms with van der Waals surface area (Å²) in [4.78, 5) is 34.7. The van der Waals surface area contributed by atoms with Crippen molar-refractivity contribution < 1.29 is 9.59 Å². The van der Waals surface area contributed by atoms with Gasteiger partial charge in [-0.2, -0.15) is 0 Å². The Hall–Kier alpha value is -2.89. The number of rotatable bonds is 4. The van der Waals surface area contributed by atoms with Crippen molar-refractivity contribution in [1.82, 2.24) is 9.88 Å². The maximum absolute atomic E-state index is 13.2. The van der Waals surface area contributed by atoms with E-state index < -0.39 is 5.41 Å². The zero-order valence-electron chi connectivity index (χ0n) is 17.4. The fraction of sp³-hybridized carbons (Fsp3) is 0.435. The predicted octanol–water partition coefficient (Wildman–Crippen LogP) is 3.07. The van der Waals surface area contributed by atoms with Crippen molar-refractivity contribution in [2.75, 3.05) is 36.4 Å². The topological polar surface area (TPSA) is 65.5 Å². The fourth-order valence-electron chi connectivity index (χ4n) is 4.26. The molecular weight excluding hydrogens is 364 g/mol. The highest BCUT2D eigenvalue weighted by Gasteiger charge is 2.58. The molecule has 0 radical (unpaired) electrons. The summed E-state index contributed by atoms with van der Waals surface area (Å²) >= 11 is 0. The van der Waals surface area contributed by atoms with Crippen molar-refractivity contribution in [3.05, 3.63) is 53.2 Å². The maximum atomic E-state index is 13.2. The number of carbonyl (C=O) groups excluding carboxylic acids is 2. The molecule has 1 saturated heterocycles. The first-order valence-corrected chi connectivity index (χ1v) is 10.3. The number of nitrogens with one attached hydrogen (secondary N) is 1. The van der Waals surface area contributed by atoms with E-state index in [-0.39, 0.29) is 11.8 Å². The van der Waals surface area contributed by atoms with Crippen LogP contribution in [0.2, 0.25) is 0 Å². The van der Waals surface area contributed by atoms with E-state index in [1.165, 1.54) is 5.56 Å². The zero-order chi connectivity index (χ0) is 20.6. The van der Waals surface area contributed by atoms with Gasteiger partial charge < -0.3 is 15.1 Å². The van der Waals surface area contributed by atoms with Crippen molar-refractivity contribution in [2.45, 2.75) is 33.6 Å². The Kier molecular flexibility index (Phi) is 5.03. The molecule has 4 rings (SSSR count). The number of hydrogen-bond donors (Lipinski definition) is 1. The van der Waals surface area contributed by atoms with Crippen LogP contribution in [0.15, 0.2) is 36.5 Å². The Labute approximate surface area is 171 Å².